The number of nitrogens with one attached hydrogen (secondary N) is 1. The lowest BCUT2D eigenvalue weighted by Gasteiger charge is -2.10. The van der Waals surface area contributed by atoms with Gasteiger partial charge in [0.1, 0.15) is 28.6 Å². The molecule has 0 bridgehead atoms. The third kappa shape index (κ3) is 3.89. The third-order valence-corrected chi connectivity index (χ3v) is 5.50. The number of hydrogen-bond donors (Lipinski definition) is 3. The molecule has 0 spiro atoms. The summed E-state index contributed by atoms with van der Waals surface area (Å²) in [5.74, 6) is 0.288. The second kappa shape index (κ2) is 8.16. The standard InChI is InChI=1S/C25H20N4O4/c26-23(30)21-22(15-6-9-19(10-7-15)33-18-4-2-1-3-5-18)28-29-13-12-16-14-17(25(31)32)8-11-20(16)27-24(21)29/h1-11,14,27H,12-13H2,(H2,26,30)(H,31,32). The van der Waals surface area contributed by atoms with Crippen LogP contribution in [0, 0.1) is 0 Å². The van der Waals surface area contributed by atoms with Gasteiger partial charge in [0.15, 0.2) is 0 Å². The summed E-state index contributed by atoms with van der Waals surface area (Å²) in [5, 5.41) is 17.2. The lowest BCUT2D eigenvalue weighted by atomic mass is 10.0. The fraction of sp³-hybridized carbons (Fsp3) is 0.0800. The molecule has 0 radical (unpaired) electrons. The normalized spacial score (nSPS) is 12.1. The number of carbonyl (C=O) groups excluding carboxylic acids is 1. The molecular weight excluding hydrogens is 420 g/mol. The van der Waals surface area contributed by atoms with Crippen LogP contribution in [0.3, 0.4) is 0 Å². The van der Waals surface area contributed by atoms with Crippen LogP contribution in [0.25, 0.3) is 11.3 Å². The predicted molar refractivity (Wildman–Crippen MR) is 123 cm³/mol. The highest BCUT2D eigenvalue weighted by Gasteiger charge is 2.26. The Morgan fingerprint density at radius 2 is 1.73 bits per heavy atom. The highest BCUT2D eigenvalue weighted by molar-refractivity contribution is 6.04. The van der Waals surface area contributed by atoms with E-state index < -0.39 is 11.9 Å². The van der Waals surface area contributed by atoms with E-state index in [9.17, 15) is 14.7 Å². The number of hydrogen-bond acceptors (Lipinski definition) is 5. The predicted octanol–water partition coefficient (Wildman–Crippen LogP) is 4.44. The Bertz CT molecular complexity index is 1360. The summed E-state index contributed by atoms with van der Waals surface area (Å²) in [6.45, 7) is 0.466. The number of aromatic nitrogens is 2. The maximum Gasteiger partial charge on any atom is 0.335 e. The number of rotatable bonds is 5. The summed E-state index contributed by atoms with van der Waals surface area (Å²) in [5.41, 5.74) is 9.00. The number of fused-ring (bicyclic) bond motifs is 2. The van der Waals surface area contributed by atoms with Gasteiger partial charge in [-0.3, -0.25) is 4.79 Å². The molecule has 8 heteroatoms. The molecule has 1 aromatic heterocycles. The van der Waals surface area contributed by atoms with Gasteiger partial charge in [-0.25, -0.2) is 9.48 Å². The summed E-state index contributed by atoms with van der Waals surface area (Å²) >= 11 is 0. The zero-order chi connectivity index (χ0) is 22.9. The van der Waals surface area contributed by atoms with Crippen LogP contribution in [0.2, 0.25) is 0 Å². The lowest BCUT2D eigenvalue weighted by Crippen LogP contribution is -2.14. The van der Waals surface area contributed by atoms with Crippen LogP contribution in [0.1, 0.15) is 26.3 Å². The molecule has 1 amide bonds. The molecule has 4 N–H and O–H groups in total. The maximum absolute atomic E-state index is 12.4. The van der Waals surface area contributed by atoms with Gasteiger partial charge in [0.2, 0.25) is 0 Å². The number of nitrogens with zero attached hydrogens (tertiary/aromatic N) is 2. The number of anilines is 2. The van der Waals surface area contributed by atoms with Crippen molar-refractivity contribution in [1.29, 1.82) is 0 Å². The number of carboxylic acid groups (broad SMARTS) is 1. The van der Waals surface area contributed by atoms with Gasteiger partial charge in [-0.15, -0.1) is 0 Å². The zero-order valence-corrected chi connectivity index (χ0v) is 17.5. The number of para-hydroxylation sites is 1. The number of aryl methyl sites for hydroxylation is 2. The Morgan fingerprint density at radius 3 is 2.42 bits per heavy atom. The smallest absolute Gasteiger partial charge is 0.335 e. The van der Waals surface area contributed by atoms with Crippen molar-refractivity contribution in [3.8, 4) is 22.8 Å². The molecule has 33 heavy (non-hydrogen) atoms. The first-order valence-corrected chi connectivity index (χ1v) is 10.4. The van der Waals surface area contributed by atoms with Gasteiger partial charge >= 0.3 is 5.97 Å². The summed E-state index contributed by atoms with van der Waals surface area (Å²) < 4.78 is 7.54. The average Bonchev–Trinajstić information content (AvgIpc) is 3.08. The van der Waals surface area contributed by atoms with Crippen molar-refractivity contribution < 1.29 is 19.4 Å². The van der Waals surface area contributed by atoms with Crippen molar-refractivity contribution in [3.63, 3.8) is 0 Å². The quantitative estimate of drug-likeness (QED) is 0.422. The van der Waals surface area contributed by atoms with E-state index in [0.29, 0.717) is 30.2 Å². The lowest BCUT2D eigenvalue weighted by molar-refractivity contribution is 0.0696. The fourth-order valence-electron chi connectivity index (χ4n) is 3.90. The number of carboxylic acids is 1. The average molecular weight is 440 g/mol. The molecule has 0 saturated carbocycles. The summed E-state index contributed by atoms with van der Waals surface area (Å²) in [6, 6.07) is 21.6. The van der Waals surface area contributed by atoms with Crippen LogP contribution in [0.5, 0.6) is 11.5 Å². The maximum atomic E-state index is 12.4. The molecule has 8 nitrogen and oxygen atoms in total. The Balaban J connectivity index is 1.49. The van der Waals surface area contributed by atoms with Crippen LogP contribution in [-0.4, -0.2) is 26.8 Å². The molecule has 0 saturated heterocycles. The molecule has 0 aliphatic carbocycles. The minimum Gasteiger partial charge on any atom is -0.478 e. The first-order valence-electron chi connectivity index (χ1n) is 10.4. The van der Waals surface area contributed by atoms with Crippen molar-refractivity contribution in [2.75, 3.05) is 5.32 Å². The third-order valence-electron chi connectivity index (χ3n) is 5.50. The number of nitrogens with two attached hydrogens (primary N) is 1. The molecule has 0 unspecified atom stereocenters. The van der Waals surface area contributed by atoms with E-state index in [4.69, 9.17) is 10.5 Å². The topological polar surface area (TPSA) is 119 Å². The zero-order valence-electron chi connectivity index (χ0n) is 17.5. The number of aromatic carboxylic acids is 1. The van der Waals surface area contributed by atoms with Crippen molar-refractivity contribution in [3.05, 3.63) is 89.5 Å². The minimum atomic E-state index is -0.986. The van der Waals surface area contributed by atoms with Crippen LogP contribution >= 0.6 is 0 Å². The number of ether oxygens (including phenoxy) is 1. The number of primary amides is 1. The molecule has 1 aliphatic heterocycles. The van der Waals surface area contributed by atoms with Gasteiger partial charge < -0.3 is 20.9 Å². The Kier molecular flexibility index (Phi) is 5.02. The van der Waals surface area contributed by atoms with E-state index >= 15 is 0 Å². The molecule has 5 rings (SSSR count). The largest absolute Gasteiger partial charge is 0.478 e. The summed E-state index contributed by atoms with van der Waals surface area (Å²) in [4.78, 5) is 23.7. The van der Waals surface area contributed by atoms with Crippen molar-refractivity contribution in [2.24, 2.45) is 5.73 Å². The van der Waals surface area contributed by atoms with Crippen LogP contribution in [0.4, 0.5) is 11.5 Å². The summed E-state index contributed by atoms with van der Waals surface area (Å²) in [6.07, 6.45) is 0.555. The first-order chi connectivity index (χ1) is 16.0. The van der Waals surface area contributed by atoms with Crippen LogP contribution in [-0.2, 0) is 13.0 Å². The Labute approximate surface area is 189 Å². The monoisotopic (exact) mass is 440 g/mol. The Morgan fingerprint density at radius 1 is 1.00 bits per heavy atom. The second-order valence-electron chi connectivity index (χ2n) is 7.65. The van der Waals surface area contributed by atoms with Crippen LogP contribution in [0.15, 0.2) is 72.8 Å². The van der Waals surface area contributed by atoms with Crippen molar-refractivity contribution in [2.45, 2.75) is 13.0 Å². The molecule has 0 atom stereocenters. The highest BCUT2D eigenvalue weighted by Crippen LogP contribution is 2.35. The molecule has 0 fully saturated rings. The van der Waals surface area contributed by atoms with Gasteiger partial charge in [0.05, 0.1) is 5.56 Å². The SMILES string of the molecule is NC(=O)c1c(-c2ccc(Oc3ccccc3)cc2)nn2c1Nc1ccc(C(=O)O)cc1CC2. The molecule has 164 valence electrons. The van der Waals surface area contributed by atoms with E-state index in [2.05, 4.69) is 10.4 Å². The highest BCUT2D eigenvalue weighted by atomic mass is 16.5. The molecule has 3 aromatic carbocycles. The Hall–Kier alpha value is -4.59. The van der Waals surface area contributed by atoms with E-state index in [-0.39, 0.29) is 11.1 Å². The van der Waals surface area contributed by atoms with Gasteiger partial charge in [-0.2, -0.15) is 5.10 Å². The van der Waals surface area contributed by atoms with E-state index in [1.165, 1.54) is 6.07 Å². The second-order valence-corrected chi connectivity index (χ2v) is 7.65. The van der Waals surface area contributed by atoms with Crippen LogP contribution < -0.4 is 15.8 Å². The molecule has 2 heterocycles. The summed E-state index contributed by atoms with van der Waals surface area (Å²) in [7, 11) is 0. The van der Waals surface area contributed by atoms with E-state index in [1.54, 1.807) is 16.8 Å². The van der Waals surface area contributed by atoms with Gasteiger partial charge in [-0.05, 0) is 66.6 Å². The molecular formula is C25H20N4O4. The van der Waals surface area contributed by atoms with Gasteiger partial charge in [-0.1, -0.05) is 18.2 Å². The van der Waals surface area contributed by atoms with Gasteiger partial charge in [0, 0.05) is 17.8 Å². The molecule has 1 aliphatic rings. The minimum absolute atomic E-state index is 0.212. The van der Waals surface area contributed by atoms with Gasteiger partial charge in [0.25, 0.3) is 5.91 Å². The number of carbonyl (C=O) groups is 2. The van der Waals surface area contributed by atoms with Crippen molar-refractivity contribution in [1.82, 2.24) is 9.78 Å². The van der Waals surface area contributed by atoms with Crippen molar-refractivity contribution >= 4 is 23.4 Å². The number of amides is 1. The van der Waals surface area contributed by atoms with E-state index in [0.717, 1.165) is 22.6 Å². The molecule has 4 aromatic rings. The first kappa shape index (κ1) is 20.3. The fourth-order valence-corrected chi connectivity index (χ4v) is 3.90. The van der Waals surface area contributed by atoms with E-state index in [1.807, 2.05) is 54.6 Å². The number of benzene rings is 3.